The number of hydrogen-bond donors (Lipinski definition) is 1. The van der Waals surface area contributed by atoms with E-state index in [1.54, 1.807) is 33.9 Å². The number of aromatic nitrogens is 3. The number of nitrogens with zero attached hydrogens (tertiary/aromatic N) is 6. The van der Waals surface area contributed by atoms with Crippen LogP contribution in [0.15, 0.2) is 61.1 Å². The van der Waals surface area contributed by atoms with Crippen LogP contribution in [0.3, 0.4) is 0 Å². The first-order chi connectivity index (χ1) is 20.3. The van der Waals surface area contributed by atoms with Crippen molar-refractivity contribution in [3.63, 3.8) is 0 Å². The average Bonchev–Trinajstić information content (AvgIpc) is 3.42. The number of para-hydroxylation sites is 2. The van der Waals surface area contributed by atoms with Crippen LogP contribution < -0.4 is 5.32 Å². The van der Waals surface area contributed by atoms with Crippen molar-refractivity contribution in [2.24, 2.45) is 11.8 Å². The summed E-state index contributed by atoms with van der Waals surface area (Å²) >= 11 is 12.7. The number of amides is 1. The molecule has 1 fully saturated rings. The fourth-order valence-corrected chi connectivity index (χ4v) is 5.77. The molecule has 4 aromatic rings. The molecule has 2 aromatic heterocycles. The van der Waals surface area contributed by atoms with Gasteiger partial charge in [-0.2, -0.15) is 10.2 Å². The van der Waals surface area contributed by atoms with Gasteiger partial charge < -0.3 is 10.2 Å². The Morgan fingerprint density at radius 3 is 2.64 bits per heavy atom. The van der Waals surface area contributed by atoms with Gasteiger partial charge in [0, 0.05) is 30.9 Å². The molecular weight excluding hydrogens is 573 g/mol. The summed E-state index contributed by atoms with van der Waals surface area (Å²) in [7, 11) is 1.91. The van der Waals surface area contributed by atoms with Crippen molar-refractivity contribution in [2.75, 3.05) is 25.5 Å². The molecule has 2 aromatic carbocycles. The smallest absolute Gasteiger partial charge is 0.335 e. The number of halogens is 2. The monoisotopic (exact) mass is 602 g/mol. The van der Waals surface area contributed by atoms with Gasteiger partial charge in [-0.3, -0.25) is 14.2 Å². The number of anilines is 2. The van der Waals surface area contributed by atoms with Crippen molar-refractivity contribution in [3.8, 4) is 6.07 Å². The zero-order valence-corrected chi connectivity index (χ0v) is 24.8. The molecule has 11 heteroatoms. The van der Waals surface area contributed by atoms with Gasteiger partial charge in [0.05, 0.1) is 41.5 Å². The van der Waals surface area contributed by atoms with Crippen LogP contribution in [0, 0.1) is 23.2 Å². The van der Waals surface area contributed by atoms with Gasteiger partial charge in [0.2, 0.25) is 18.1 Å². The molecule has 0 aliphatic carbocycles. The Bertz CT molecular complexity index is 1710. The van der Waals surface area contributed by atoms with Crippen LogP contribution in [-0.2, 0) is 11.2 Å². The Morgan fingerprint density at radius 2 is 1.88 bits per heavy atom. The van der Waals surface area contributed by atoms with E-state index in [0.717, 1.165) is 23.1 Å². The van der Waals surface area contributed by atoms with Crippen LogP contribution in [0.25, 0.3) is 11.0 Å². The first-order valence-corrected chi connectivity index (χ1v) is 14.4. The summed E-state index contributed by atoms with van der Waals surface area (Å²) in [6, 6.07) is 16.6. The van der Waals surface area contributed by atoms with Gasteiger partial charge in [0.25, 0.3) is 0 Å². The maximum Gasteiger partial charge on any atom is 0.335 e. The summed E-state index contributed by atoms with van der Waals surface area (Å²) < 4.78 is 3.48. The number of benzene rings is 2. The van der Waals surface area contributed by atoms with Crippen molar-refractivity contribution in [1.82, 2.24) is 19.4 Å². The van der Waals surface area contributed by atoms with Crippen LogP contribution in [0.5, 0.6) is 0 Å². The maximum absolute atomic E-state index is 13.6. The van der Waals surface area contributed by atoms with E-state index in [9.17, 15) is 9.59 Å². The van der Waals surface area contributed by atoms with Gasteiger partial charge in [-0.05, 0) is 47.2 Å². The van der Waals surface area contributed by atoms with E-state index in [4.69, 9.17) is 28.5 Å². The highest BCUT2D eigenvalue weighted by molar-refractivity contribution is 6.39. The lowest BCUT2D eigenvalue weighted by molar-refractivity contribution is -0.405. The van der Waals surface area contributed by atoms with E-state index < -0.39 is 0 Å². The molecule has 1 aliphatic heterocycles. The number of hydrogen-bond acceptors (Lipinski definition) is 6. The third kappa shape index (κ3) is 6.15. The molecule has 9 nitrogen and oxygen atoms in total. The molecule has 5 rings (SSSR count). The Labute approximate surface area is 254 Å². The Hall–Kier alpha value is -4.26. The maximum atomic E-state index is 13.6. The summed E-state index contributed by atoms with van der Waals surface area (Å²) in [4.78, 5) is 36.6. The third-order valence-electron chi connectivity index (χ3n) is 7.66. The predicted octanol–water partition coefficient (Wildman–Crippen LogP) is 6.11. The number of likely N-dealkylation sites (tertiary alicyclic amines) is 1. The normalized spacial score (nSPS) is 17.2. The van der Waals surface area contributed by atoms with E-state index in [1.165, 1.54) is 6.33 Å². The van der Waals surface area contributed by atoms with Gasteiger partial charge in [-0.1, -0.05) is 54.4 Å². The van der Waals surface area contributed by atoms with E-state index in [0.29, 0.717) is 46.2 Å². The minimum Gasteiger partial charge on any atom is -0.353 e. The average molecular weight is 604 g/mol. The van der Waals surface area contributed by atoms with E-state index in [2.05, 4.69) is 28.4 Å². The molecule has 0 radical (unpaired) electrons. The summed E-state index contributed by atoms with van der Waals surface area (Å²) in [5.41, 5.74) is 2.59. The lowest BCUT2D eigenvalue weighted by Gasteiger charge is -2.34. The van der Waals surface area contributed by atoms with Crippen molar-refractivity contribution in [3.05, 3.63) is 76.7 Å². The zero-order chi connectivity index (χ0) is 29.8. The fraction of sp³-hybridized carbons (Fsp3) is 0.290. The summed E-state index contributed by atoms with van der Waals surface area (Å²) in [6.45, 7) is 3.37. The minimum atomic E-state index is -0.159. The van der Waals surface area contributed by atoms with Gasteiger partial charge in [-0.25, -0.2) is 4.58 Å². The minimum absolute atomic E-state index is 0.0933. The summed E-state index contributed by atoms with van der Waals surface area (Å²) in [6.07, 6.45) is 6.09. The van der Waals surface area contributed by atoms with Gasteiger partial charge >= 0.3 is 5.82 Å². The fourth-order valence-electron chi connectivity index (χ4n) is 5.27. The molecule has 3 heterocycles. The predicted molar refractivity (Wildman–Crippen MR) is 164 cm³/mol. The number of carbonyl (C=O) groups excluding carboxylic acids is 2. The summed E-state index contributed by atoms with van der Waals surface area (Å²) in [5.74, 6) is 0.812. The SMILES string of the molecule is C[C@@H]1CCN(C(=O)CC#N)CC1/C=[N+](/C)c1ncnc2c1ccn2C(=O)Cc1ccccc1Nc1c(Cl)cccc1Cl. The van der Waals surface area contributed by atoms with Crippen LogP contribution in [0.4, 0.5) is 17.2 Å². The molecule has 1 saturated heterocycles. The van der Waals surface area contributed by atoms with Crippen molar-refractivity contribution >= 4 is 69.5 Å². The van der Waals surface area contributed by atoms with Crippen molar-refractivity contribution in [2.45, 2.75) is 26.2 Å². The number of rotatable bonds is 7. The number of nitrogens with one attached hydrogen (secondary N) is 1. The molecule has 0 bridgehead atoms. The molecular formula is C31H30Cl2N7O2+. The molecule has 1 aliphatic rings. The van der Waals surface area contributed by atoms with E-state index in [1.807, 2.05) is 48.0 Å². The molecule has 0 saturated carbocycles. The second-order valence-electron chi connectivity index (χ2n) is 10.4. The Balaban J connectivity index is 1.39. The van der Waals surface area contributed by atoms with Crippen LogP contribution >= 0.6 is 23.2 Å². The standard InChI is InChI=1S/C31H30Cl2N7O2/c1-20-11-14-39(27(41)10-13-34)18-22(20)17-38(2)30-23-12-15-40(31(23)36-19-35-30)28(42)16-21-6-3-4-9-26(21)37-29-24(32)7-5-8-25(29)33/h3-9,12,15,17,19-20,22,37H,10-11,14,16,18H2,1-2H3/q+1/b38-17-/t20-,22?/m1/s1. The van der Waals surface area contributed by atoms with E-state index >= 15 is 0 Å². The Morgan fingerprint density at radius 1 is 1.12 bits per heavy atom. The molecule has 1 N–H and O–H groups in total. The van der Waals surface area contributed by atoms with Crippen molar-refractivity contribution in [1.29, 1.82) is 5.26 Å². The van der Waals surface area contributed by atoms with Gasteiger partial charge in [0.15, 0.2) is 5.65 Å². The number of fused-ring (bicyclic) bond motifs is 1. The Kier molecular flexibility index (Phi) is 8.86. The second kappa shape index (κ2) is 12.7. The lowest BCUT2D eigenvalue weighted by Crippen LogP contribution is -2.44. The molecule has 214 valence electrons. The first-order valence-electron chi connectivity index (χ1n) is 13.6. The highest BCUT2D eigenvalue weighted by Gasteiger charge is 2.30. The number of piperidine rings is 1. The van der Waals surface area contributed by atoms with Crippen molar-refractivity contribution < 1.29 is 14.2 Å². The number of nitriles is 1. The van der Waals surface area contributed by atoms with Crippen LogP contribution in [-0.4, -0.2) is 62.2 Å². The molecule has 42 heavy (non-hydrogen) atoms. The first kappa shape index (κ1) is 29.2. The zero-order valence-electron chi connectivity index (χ0n) is 23.3. The molecule has 0 spiro atoms. The quantitative estimate of drug-likeness (QED) is 0.202. The largest absolute Gasteiger partial charge is 0.353 e. The van der Waals surface area contributed by atoms with Gasteiger partial charge in [-0.15, -0.1) is 0 Å². The highest BCUT2D eigenvalue weighted by Crippen LogP contribution is 2.34. The summed E-state index contributed by atoms with van der Waals surface area (Å²) in [5, 5.41) is 13.9. The topological polar surface area (TPSA) is 107 Å². The molecule has 1 unspecified atom stereocenters. The lowest BCUT2D eigenvalue weighted by atomic mass is 9.87. The second-order valence-corrected chi connectivity index (χ2v) is 11.2. The molecule has 1 amide bonds. The van der Waals surface area contributed by atoms with Crippen LogP contribution in [0.2, 0.25) is 10.0 Å². The van der Waals surface area contributed by atoms with E-state index in [-0.39, 0.29) is 30.6 Å². The van der Waals surface area contributed by atoms with Crippen LogP contribution in [0.1, 0.15) is 30.1 Å². The highest BCUT2D eigenvalue weighted by atomic mass is 35.5. The molecule has 2 atom stereocenters. The van der Waals surface area contributed by atoms with Gasteiger partial charge in [0.1, 0.15) is 11.8 Å². The number of carbonyl (C=O) groups is 2. The third-order valence-corrected chi connectivity index (χ3v) is 8.29.